The molecule has 11 nitrogen and oxygen atoms in total. The van der Waals surface area contributed by atoms with Crippen molar-refractivity contribution in [2.75, 3.05) is 10.0 Å². The summed E-state index contributed by atoms with van der Waals surface area (Å²) in [6.07, 6.45) is 0.0206. The zero-order chi connectivity index (χ0) is 34.1. The Labute approximate surface area is 268 Å². The van der Waals surface area contributed by atoms with Gasteiger partial charge in [0.05, 0.1) is 23.1 Å². The first-order chi connectivity index (χ1) is 22.0. The van der Waals surface area contributed by atoms with E-state index in [1.807, 2.05) is 32.4 Å². The molecule has 1 aromatic carbocycles. The van der Waals surface area contributed by atoms with Crippen LogP contribution in [0, 0.1) is 12.7 Å². The van der Waals surface area contributed by atoms with Crippen molar-refractivity contribution in [2.45, 2.75) is 82.1 Å². The van der Waals surface area contributed by atoms with Gasteiger partial charge in [0.2, 0.25) is 5.95 Å². The number of halogens is 4. The van der Waals surface area contributed by atoms with Gasteiger partial charge in [-0.3, -0.25) is 9.71 Å². The summed E-state index contributed by atoms with van der Waals surface area (Å²) in [5.41, 5.74) is -0.322. The summed E-state index contributed by atoms with van der Waals surface area (Å²) < 4.78 is 87.8. The Balaban J connectivity index is 1.27. The Morgan fingerprint density at radius 3 is 2.34 bits per heavy atom. The highest BCUT2D eigenvalue weighted by molar-refractivity contribution is 7.92. The Morgan fingerprint density at radius 2 is 1.68 bits per heavy atom. The molecule has 4 aromatic rings. The van der Waals surface area contributed by atoms with Gasteiger partial charge in [-0.05, 0) is 89.3 Å². The number of nitrogens with one attached hydrogen (secondary N) is 3. The second-order valence-corrected chi connectivity index (χ2v) is 13.9. The fourth-order valence-corrected chi connectivity index (χ4v) is 6.46. The molecule has 1 amide bonds. The maximum absolute atomic E-state index is 15.1. The average Bonchev–Trinajstić information content (AvgIpc) is 2.98. The molecule has 0 bridgehead atoms. The van der Waals surface area contributed by atoms with Crippen molar-refractivity contribution in [1.29, 1.82) is 0 Å². The summed E-state index contributed by atoms with van der Waals surface area (Å²) in [7, 11) is -4.82. The molecule has 0 spiro atoms. The summed E-state index contributed by atoms with van der Waals surface area (Å²) in [5, 5.41) is 6.27. The van der Waals surface area contributed by atoms with Crippen molar-refractivity contribution in [2.24, 2.45) is 0 Å². The first kappa shape index (κ1) is 33.8. The van der Waals surface area contributed by atoms with Gasteiger partial charge in [0.1, 0.15) is 21.8 Å². The van der Waals surface area contributed by atoms with E-state index in [0.717, 1.165) is 61.7 Å². The van der Waals surface area contributed by atoms with Crippen molar-refractivity contribution >= 4 is 38.8 Å². The third kappa shape index (κ3) is 8.22. The maximum atomic E-state index is 15.1. The lowest BCUT2D eigenvalue weighted by atomic mass is 9.91. The molecule has 0 unspecified atom stereocenters. The van der Waals surface area contributed by atoms with E-state index in [0.29, 0.717) is 28.2 Å². The van der Waals surface area contributed by atoms with Crippen molar-refractivity contribution in [3.63, 3.8) is 0 Å². The largest absolute Gasteiger partial charge is 0.444 e. The number of rotatable bonds is 7. The van der Waals surface area contributed by atoms with Gasteiger partial charge in [0.25, 0.3) is 10.0 Å². The van der Waals surface area contributed by atoms with E-state index < -0.39 is 50.0 Å². The average molecular weight is 676 g/mol. The van der Waals surface area contributed by atoms with Gasteiger partial charge in [-0.15, -0.1) is 0 Å². The van der Waals surface area contributed by atoms with E-state index in [1.54, 1.807) is 12.3 Å². The Hall–Kier alpha value is -4.60. The molecule has 0 radical (unpaired) electrons. The minimum absolute atomic E-state index is 0.0211. The molecule has 16 heteroatoms. The number of alkyl carbamates (subject to hydrolysis) is 1. The van der Waals surface area contributed by atoms with E-state index in [2.05, 4.69) is 30.6 Å². The number of alkyl halides is 3. The summed E-state index contributed by atoms with van der Waals surface area (Å²) in [5.74, 6) is -0.599. The molecule has 1 fully saturated rings. The number of benzene rings is 1. The Morgan fingerprint density at radius 1 is 0.979 bits per heavy atom. The highest BCUT2D eigenvalue weighted by atomic mass is 32.2. The molecule has 250 valence electrons. The fraction of sp³-hybridized carbons (Fsp3) is 0.387. The summed E-state index contributed by atoms with van der Waals surface area (Å²) in [6, 6.07) is 7.13. The summed E-state index contributed by atoms with van der Waals surface area (Å²) >= 11 is 0. The van der Waals surface area contributed by atoms with Gasteiger partial charge in [0.15, 0.2) is 5.69 Å². The van der Waals surface area contributed by atoms with Gasteiger partial charge >= 0.3 is 12.3 Å². The normalized spacial score (nSPS) is 17.3. The van der Waals surface area contributed by atoms with Crippen LogP contribution in [0.3, 0.4) is 0 Å². The third-order valence-corrected chi connectivity index (χ3v) is 8.75. The quantitative estimate of drug-likeness (QED) is 0.184. The molecule has 1 saturated carbocycles. The lowest BCUT2D eigenvalue weighted by molar-refractivity contribution is -0.143. The van der Waals surface area contributed by atoms with Gasteiger partial charge < -0.3 is 15.4 Å². The number of hydrogen-bond donors (Lipinski definition) is 3. The van der Waals surface area contributed by atoms with Crippen LogP contribution in [0.15, 0.2) is 53.7 Å². The second-order valence-electron chi connectivity index (χ2n) is 12.2. The summed E-state index contributed by atoms with van der Waals surface area (Å²) in [4.78, 5) is 27.7. The predicted octanol–water partition coefficient (Wildman–Crippen LogP) is 6.60. The number of fused-ring (bicyclic) bond motifs is 1. The number of carbonyl (C=O) groups is 1. The smallest absolute Gasteiger partial charge is 0.434 e. The Kier molecular flexibility index (Phi) is 9.26. The van der Waals surface area contributed by atoms with E-state index in [4.69, 9.17) is 4.74 Å². The van der Waals surface area contributed by atoms with E-state index in [9.17, 15) is 26.4 Å². The molecule has 0 aliphatic heterocycles. The van der Waals surface area contributed by atoms with Gasteiger partial charge in [-0.1, -0.05) is 6.07 Å². The van der Waals surface area contributed by atoms with Crippen LogP contribution in [-0.4, -0.2) is 52.1 Å². The molecule has 0 atom stereocenters. The number of aryl methyl sites for hydroxylation is 1. The number of pyridine rings is 2. The van der Waals surface area contributed by atoms with E-state index >= 15 is 4.39 Å². The zero-order valence-electron chi connectivity index (χ0n) is 25.9. The van der Waals surface area contributed by atoms with Crippen LogP contribution in [0.4, 0.5) is 34.0 Å². The number of aromatic nitrogens is 4. The first-order valence-corrected chi connectivity index (χ1v) is 16.2. The highest BCUT2D eigenvalue weighted by Gasteiger charge is 2.39. The van der Waals surface area contributed by atoms with Crippen molar-refractivity contribution in [1.82, 2.24) is 25.3 Å². The van der Waals surface area contributed by atoms with Crippen molar-refractivity contribution in [3.8, 4) is 11.3 Å². The molecule has 5 rings (SSSR count). The molecule has 47 heavy (non-hydrogen) atoms. The third-order valence-electron chi connectivity index (χ3n) is 7.36. The topological polar surface area (TPSA) is 148 Å². The van der Waals surface area contributed by atoms with Gasteiger partial charge in [-0.2, -0.15) is 13.2 Å². The fourth-order valence-electron chi connectivity index (χ4n) is 5.22. The molecule has 1 aliphatic carbocycles. The number of carbonyl (C=O) groups excluding carboxylic acids is 1. The van der Waals surface area contributed by atoms with E-state index in [-0.39, 0.29) is 12.1 Å². The van der Waals surface area contributed by atoms with Gasteiger partial charge in [-0.25, -0.2) is 32.6 Å². The predicted molar refractivity (Wildman–Crippen MR) is 167 cm³/mol. The number of ether oxygens (including phenoxy) is 1. The van der Waals surface area contributed by atoms with Crippen LogP contribution in [-0.2, 0) is 20.9 Å². The minimum Gasteiger partial charge on any atom is -0.444 e. The number of anilines is 2. The maximum Gasteiger partial charge on any atom is 0.434 e. The number of hydrogen-bond acceptors (Lipinski definition) is 9. The van der Waals surface area contributed by atoms with Crippen LogP contribution >= 0.6 is 0 Å². The van der Waals surface area contributed by atoms with E-state index in [1.165, 1.54) is 6.07 Å². The molecular weight excluding hydrogens is 642 g/mol. The van der Waals surface area contributed by atoms with Crippen LogP contribution in [0.25, 0.3) is 22.3 Å². The number of sulfonamides is 1. The summed E-state index contributed by atoms with van der Waals surface area (Å²) in [6.45, 7) is 7.25. The lowest BCUT2D eigenvalue weighted by Gasteiger charge is -2.30. The molecule has 3 aromatic heterocycles. The molecule has 3 heterocycles. The zero-order valence-corrected chi connectivity index (χ0v) is 26.8. The number of nitrogens with zero attached hydrogens (tertiary/aromatic N) is 4. The standard InChI is InChI=1S/C31H33F4N7O4S/c1-17-14-23(18-7-12-22(21(32)15-18)42-47(44,45)25-6-5-13-36-27(25)31(33,34)35)40-24-16-37-28(41-26(17)24)38-19-8-10-20(11-9-19)39-29(43)46-30(2,3)4/h5-7,12-16,19-20,42H,8-11H2,1-4H3,(H,39,43)(H,37,38,41)/t19-,20-. The number of amides is 1. The minimum atomic E-state index is -5.03. The second kappa shape index (κ2) is 12.9. The Bertz CT molecular complexity index is 1910. The van der Waals surface area contributed by atoms with Crippen LogP contribution < -0.4 is 15.4 Å². The molecule has 1 aliphatic rings. The van der Waals surface area contributed by atoms with Crippen LogP contribution in [0.5, 0.6) is 0 Å². The van der Waals surface area contributed by atoms with Gasteiger partial charge in [0, 0.05) is 23.8 Å². The van der Waals surface area contributed by atoms with Crippen LogP contribution in [0.1, 0.15) is 57.7 Å². The van der Waals surface area contributed by atoms with Crippen LogP contribution in [0.2, 0.25) is 0 Å². The SMILES string of the molecule is Cc1cc(-c2ccc(NS(=O)(=O)c3cccnc3C(F)(F)F)c(F)c2)nc2cnc(N[C@H]3CC[C@H](NC(=O)OC(C)(C)C)CC3)nc12. The first-order valence-electron chi connectivity index (χ1n) is 14.7. The lowest BCUT2D eigenvalue weighted by Crippen LogP contribution is -2.42. The molecular formula is C31H33F4N7O4S. The highest BCUT2D eigenvalue weighted by Crippen LogP contribution is 2.34. The van der Waals surface area contributed by atoms with Crippen molar-refractivity contribution < 1.29 is 35.5 Å². The monoisotopic (exact) mass is 675 g/mol. The molecule has 0 saturated heterocycles. The molecule has 3 N–H and O–H groups in total. The van der Waals surface area contributed by atoms with Crippen molar-refractivity contribution in [3.05, 3.63) is 65.9 Å².